The van der Waals surface area contributed by atoms with Crippen molar-refractivity contribution in [3.63, 3.8) is 0 Å². The molecule has 0 atom stereocenters. The molecule has 0 amide bonds. The maximum absolute atomic E-state index is 11.5. The lowest BCUT2D eigenvalue weighted by atomic mass is 10.1. The molecule has 0 unspecified atom stereocenters. The van der Waals surface area contributed by atoms with Crippen LogP contribution in [0.5, 0.6) is 5.75 Å². The monoisotopic (exact) mass is 310 g/mol. The summed E-state index contributed by atoms with van der Waals surface area (Å²) < 4.78 is 11.0. The van der Waals surface area contributed by atoms with Gasteiger partial charge in [0, 0.05) is 4.47 Å². The molecule has 0 fully saturated rings. The smallest absolute Gasteiger partial charge is 0.163 e. The molecule has 0 aliphatic carbocycles. The average Bonchev–Trinajstić information content (AvgIpc) is 2.73. The third-order valence-corrected chi connectivity index (χ3v) is 2.92. The molecule has 2 rings (SSSR count). The van der Waals surface area contributed by atoms with Crippen LogP contribution in [0.15, 0.2) is 27.3 Å². The molecule has 0 spiro atoms. The van der Waals surface area contributed by atoms with Gasteiger partial charge in [-0.2, -0.15) is 0 Å². The minimum Gasteiger partial charge on any atom is -0.486 e. The molecular weight excluding hydrogens is 300 g/mol. The Hall–Kier alpha value is -1.69. The van der Waals surface area contributed by atoms with Gasteiger partial charge in [-0.25, -0.2) is 4.63 Å². The van der Waals surface area contributed by atoms with Crippen molar-refractivity contribution in [2.75, 3.05) is 0 Å². The van der Waals surface area contributed by atoms with Crippen molar-refractivity contribution >= 4 is 21.7 Å². The lowest BCUT2D eigenvalue weighted by Gasteiger charge is -2.08. The topological polar surface area (TPSA) is 65.2 Å². The van der Waals surface area contributed by atoms with Gasteiger partial charge in [-0.05, 0) is 32.0 Å². The standard InChI is InChI=1S/C12H11BrN2O3/c1-7-11(15-18-14-7)6-17-12-4-3-9(13)5-10(12)8(2)16/h3-5H,6H2,1-2H3. The zero-order valence-corrected chi connectivity index (χ0v) is 11.5. The predicted octanol–water partition coefficient (Wildman–Crippen LogP) is 2.92. The molecule has 1 aromatic carbocycles. The van der Waals surface area contributed by atoms with Gasteiger partial charge in [-0.3, -0.25) is 4.79 Å². The highest BCUT2D eigenvalue weighted by Gasteiger charge is 2.11. The molecule has 0 saturated heterocycles. The number of carbonyl (C=O) groups is 1. The van der Waals surface area contributed by atoms with Crippen LogP contribution in [0.1, 0.15) is 28.7 Å². The Morgan fingerprint density at radius 2 is 2.22 bits per heavy atom. The minimum absolute atomic E-state index is 0.0544. The molecule has 5 nitrogen and oxygen atoms in total. The average molecular weight is 311 g/mol. The number of benzene rings is 1. The zero-order chi connectivity index (χ0) is 13.1. The number of ketones is 1. The van der Waals surface area contributed by atoms with E-state index in [2.05, 4.69) is 30.9 Å². The molecule has 0 saturated carbocycles. The van der Waals surface area contributed by atoms with Crippen molar-refractivity contribution in [2.24, 2.45) is 0 Å². The van der Waals surface area contributed by atoms with Crippen LogP contribution in [0.2, 0.25) is 0 Å². The van der Waals surface area contributed by atoms with Crippen LogP contribution in [0.3, 0.4) is 0 Å². The van der Waals surface area contributed by atoms with Crippen LogP contribution in [-0.2, 0) is 6.61 Å². The number of aromatic nitrogens is 2. The highest BCUT2D eigenvalue weighted by atomic mass is 79.9. The van der Waals surface area contributed by atoms with Gasteiger partial charge in [0.1, 0.15) is 23.7 Å². The zero-order valence-electron chi connectivity index (χ0n) is 9.94. The SMILES string of the molecule is CC(=O)c1cc(Br)ccc1OCc1nonc1C. The third-order valence-electron chi connectivity index (χ3n) is 2.43. The van der Waals surface area contributed by atoms with E-state index in [1.165, 1.54) is 6.92 Å². The second-order valence-electron chi connectivity index (χ2n) is 3.78. The molecule has 94 valence electrons. The van der Waals surface area contributed by atoms with E-state index in [9.17, 15) is 4.79 Å². The number of hydrogen-bond acceptors (Lipinski definition) is 5. The first-order valence-corrected chi connectivity index (χ1v) is 6.08. The minimum atomic E-state index is -0.0544. The summed E-state index contributed by atoms with van der Waals surface area (Å²) in [6.07, 6.45) is 0. The van der Waals surface area contributed by atoms with E-state index < -0.39 is 0 Å². The Morgan fingerprint density at radius 3 is 2.83 bits per heavy atom. The maximum atomic E-state index is 11.5. The Bertz CT molecular complexity index is 580. The summed E-state index contributed by atoms with van der Waals surface area (Å²) in [7, 11) is 0. The number of hydrogen-bond donors (Lipinski definition) is 0. The molecule has 2 aromatic rings. The van der Waals surface area contributed by atoms with E-state index in [0.717, 1.165) is 4.47 Å². The van der Waals surface area contributed by atoms with Crippen LogP contribution >= 0.6 is 15.9 Å². The summed E-state index contributed by atoms with van der Waals surface area (Å²) in [4.78, 5) is 11.5. The molecule has 0 N–H and O–H groups in total. The van der Waals surface area contributed by atoms with Gasteiger partial charge in [0.2, 0.25) is 0 Å². The summed E-state index contributed by atoms with van der Waals surface area (Å²) in [5.41, 5.74) is 1.82. The summed E-state index contributed by atoms with van der Waals surface area (Å²) >= 11 is 3.32. The van der Waals surface area contributed by atoms with Crippen LogP contribution in [0.25, 0.3) is 0 Å². The molecular formula is C12H11BrN2O3. The van der Waals surface area contributed by atoms with Crippen molar-refractivity contribution in [3.8, 4) is 5.75 Å². The van der Waals surface area contributed by atoms with Crippen LogP contribution in [0.4, 0.5) is 0 Å². The van der Waals surface area contributed by atoms with Crippen LogP contribution in [0, 0.1) is 6.92 Å². The number of halogens is 1. The summed E-state index contributed by atoms with van der Waals surface area (Å²) in [6, 6.07) is 5.28. The van der Waals surface area contributed by atoms with E-state index >= 15 is 0 Å². The van der Waals surface area contributed by atoms with Crippen molar-refractivity contribution in [1.82, 2.24) is 10.3 Å². The van der Waals surface area contributed by atoms with Crippen molar-refractivity contribution in [2.45, 2.75) is 20.5 Å². The highest BCUT2D eigenvalue weighted by molar-refractivity contribution is 9.10. The Morgan fingerprint density at radius 1 is 1.44 bits per heavy atom. The lowest BCUT2D eigenvalue weighted by Crippen LogP contribution is -2.03. The molecule has 1 heterocycles. The van der Waals surface area contributed by atoms with Gasteiger partial charge in [0.25, 0.3) is 0 Å². The van der Waals surface area contributed by atoms with E-state index in [1.807, 2.05) is 6.07 Å². The van der Waals surface area contributed by atoms with Crippen LogP contribution < -0.4 is 4.74 Å². The highest BCUT2D eigenvalue weighted by Crippen LogP contribution is 2.24. The van der Waals surface area contributed by atoms with Gasteiger partial charge in [-0.1, -0.05) is 26.2 Å². The van der Waals surface area contributed by atoms with Crippen molar-refractivity contribution < 1.29 is 14.2 Å². The first kappa shape index (κ1) is 12.8. The van der Waals surface area contributed by atoms with Gasteiger partial charge < -0.3 is 4.74 Å². The number of nitrogens with zero attached hydrogens (tertiary/aromatic N) is 2. The van der Waals surface area contributed by atoms with Gasteiger partial charge in [0.05, 0.1) is 5.56 Å². The molecule has 6 heteroatoms. The number of carbonyl (C=O) groups excluding carboxylic acids is 1. The lowest BCUT2D eigenvalue weighted by molar-refractivity contribution is 0.101. The summed E-state index contributed by atoms with van der Waals surface area (Å²) in [5, 5.41) is 7.38. The molecule has 18 heavy (non-hydrogen) atoms. The molecule has 0 radical (unpaired) electrons. The first-order valence-electron chi connectivity index (χ1n) is 5.29. The number of rotatable bonds is 4. The van der Waals surface area contributed by atoms with E-state index in [4.69, 9.17) is 4.74 Å². The molecule has 1 aromatic heterocycles. The van der Waals surface area contributed by atoms with E-state index in [-0.39, 0.29) is 12.4 Å². The van der Waals surface area contributed by atoms with E-state index in [1.54, 1.807) is 19.1 Å². The third kappa shape index (κ3) is 2.76. The quantitative estimate of drug-likeness (QED) is 0.812. The van der Waals surface area contributed by atoms with Crippen molar-refractivity contribution in [3.05, 3.63) is 39.6 Å². The summed E-state index contributed by atoms with van der Waals surface area (Å²) in [5.74, 6) is 0.467. The second kappa shape index (κ2) is 5.30. The normalized spacial score (nSPS) is 10.4. The van der Waals surface area contributed by atoms with Crippen LogP contribution in [-0.4, -0.2) is 16.1 Å². The number of Topliss-reactive ketones (excluding diaryl/α,β-unsaturated/α-hetero) is 1. The number of aryl methyl sites for hydroxylation is 1. The Labute approximate surface area is 112 Å². The summed E-state index contributed by atoms with van der Waals surface area (Å²) in [6.45, 7) is 3.50. The Balaban J connectivity index is 2.19. The predicted molar refractivity (Wildman–Crippen MR) is 67.5 cm³/mol. The fourth-order valence-corrected chi connectivity index (χ4v) is 1.79. The molecule has 0 bridgehead atoms. The van der Waals surface area contributed by atoms with E-state index in [0.29, 0.717) is 22.7 Å². The van der Waals surface area contributed by atoms with Gasteiger partial charge >= 0.3 is 0 Å². The van der Waals surface area contributed by atoms with Gasteiger partial charge in [0.15, 0.2) is 5.78 Å². The largest absolute Gasteiger partial charge is 0.486 e. The Kier molecular flexibility index (Phi) is 3.76. The number of ether oxygens (including phenoxy) is 1. The fraction of sp³-hybridized carbons (Fsp3) is 0.250. The fourth-order valence-electron chi connectivity index (χ4n) is 1.43. The molecule has 0 aliphatic rings. The maximum Gasteiger partial charge on any atom is 0.163 e. The van der Waals surface area contributed by atoms with Crippen molar-refractivity contribution in [1.29, 1.82) is 0 Å². The van der Waals surface area contributed by atoms with Gasteiger partial charge in [-0.15, -0.1) is 0 Å². The molecule has 0 aliphatic heterocycles. The first-order chi connectivity index (χ1) is 8.58. The second-order valence-corrected chi connectivity index (χ2v) is 4.70.